The Hall–Kier alpha value is -1.82. The molecule has 1 unspecified atom stereocenters. The van der Waals surface area contributed by atoms with Crippen molar-refractivity contribution in [2.45, 2.75) is 25.3 Å². The van der Waals surface area contributed by atoms with Crippen molar-refractivity contribution in [3.05, 3.63) is 24.2 Å². The van der Waals surface area contributed by atoms with E-state index in [0.29, 0.717) is 6.54 Å². The topological polar surface area (TPSA) is 74.0 Å². The molecule has 1 fully saturated rings. The average Bonchev–Trinajstić information content (AvgIpc) is 3.00. The summed E-state index contributed by atoms with van der Waals surface area (Å²) in [4.78, 5) is 27.2. The Morgan fingerprint density at radius 3 is 2.95 bits per heavy atom. The number of piperidine rings is 1. The number of likely N-dealkylation sites (N-methyl/N-ethyl adjacent to an activating group) is 1. The van der Waals surface area contributed by atoms with Crippen LogP contribution in [0.1, 0.15) is 29.8 Å². The summed E-state index contributed by atoms with van der Waals surface area (Å²) in [5.41, 5.74) is 0. The van der Waals surface area contributed by atoms with Crippen molar-refractivity contribution >= 4 is 11.8 Å². The van der Waals surface area contributed by atoms with E-state index in [2.05, 4.69) is 0 Å². The Morgan fingerprint density at radius 2 is 2.30 bits per heavy atom. The molecule has 0 spiro atoms. The number of rotatable bonds is 4. The standard InChI is InChI=1S/C14H20N2O4/c1-15(14(19)12-6-4-8-20-12)9-13(18)16-7-3-2-5-11(16)10-17/h4,6,8,11,17H,2-3,5,7,9-10H2,1H3. The Kier molecular flexibility index (Phi) is 4.79. The predicted molar refractivity (Wildman–Crippen MR) is 72.1 cm³/mol. The lowest BCUT2D eigenvalue weighted by Crippen LogP contribution is -2.49. The maximum atomic E-state index is 12.2. The van der Waals surface area contributed by atoms with E-state index in [0.717, 1.165) is 19.3 Å². The molecule has 1 aliphatic rings. The second-order valence-corrected chi connectivity index (χ2v) is 5.06. The van der Waals surface area contributed by atoms with Gasteiger partial charge in [0.15, 0.2) is 5.76 Å². The van der Waals surface area contributed by atoms with Crippen LogP contribution < -0.4 is 0 Å². The maximum Gasteiger partial charge on any atom is 0.289 e. The summed E-state index contributed by atoms with van der Waals surface area (Å²) in [6, 6.07) is 3.08. The SMILES string of the molecule is CN(CC(=O)N1CCCCC1CO)C(=O)c1ccco1. The third-order valence-electron chi connectivity index (χ3n) is 3.61. The monoisotopic (exact) mass is 280 g/mol. The first-order valence-electron chi connectivity index (χ1n) is 6.82. The quantitative estimate of drug-likeness (QED) is 0.882. The van der Waals surface area contributed by atoms with Gasteiger partial charge in [0, 0.05) is 13.6 Å². The highest BCUT2D eigenvalue weighted by molar-refractivity contribution is 5.94. The minimum absolute atomic E-state index is 0.00394. The van der Waals surface area contributed by atoms with Crippen LogP contribution >= 0.6 is 0 Å². The number of hydrogen-bond donors (Lipinski definition) is 1. The highest BCUT2D eigenvalue weighted by Gasteiger charge is 2.27. The number of hydrogen-bond acceptors (Lipinski definition) is 4. The lowest BCUT2D eigenvalue weighted by molar-refractivity contribution is -0.136. The van der Waals surface area contributed by atoms with Crippen molar-refractivity contribution < 1.29 is 19.1 Å². The zero-order chi connectivity index (χ0) is 14.5. The van der Waals surface area contributed by atoms with E-state index < -0.39 is 0 Å². The molecule has 1 N–H and O–H groups in total. The summed E-state index contributed by atoms with van der Waals surface area (Å²) >= 11 is 0. The van der Waals surface area contributed by atoms with Crippen molar-refractivity contribution in [2.75, 3.05) is 26.7 Å². The number of carbonyl (C=O) groups excluding carboxylic acids is 2. The fourth-order valence-electron chi connectivity index (χ4n) is 2.47. The van der Waals surface area contributed by atoms with Gasteiger partial charge in [0.05, 0.1) is 25.5 Å². The molecule has 20 heavy (non-hydrogen) atoms. The van der Waals surface area contributed by atoms with E-state index in [1.165, 1.54) is 11.2 Å². The van der Waals surface area contributed by atoms with Gasteiger partial charge >= 0.3 is 0 Å². The summed E-state index contributed by atoms with van der Waals surface area (Å²) in [5.74, 6) is -0.232. The molecule has 1 aromatic rings. The largest absolute Gasteiger partial charge is 0.459 e. The Balaban J connectivity index is 1.94. The van der Waals surface area contributed by atoms with Gasteiger partial charge < -0.3 is 19.3 Å². The Labute approximate surface area is 118 Å². The van der Waals surface area contributed by atoms with Crippen LogP contribution in [0.2, 0.25) is 0 Å². The molecule has 1 saturated heterocycles. The lowest BCUT2D eigenvalue weighted by atomic mass is 10.0. The van der Waals surface area contributed by atoms with Crippen LogP contribution in [0.3, 0.4) is 0 Å². The van der Waals surface area contributed by atoms with Crippen LogP contribution in [0, 0.1) is 0 Å². The molecule has 1 atom stereocenters. The minimum Gasteiger partial charge on any atom is -0.459 e. The fourth-order valence-corrected chi connectivity index (χ4v) is 2.47. The molecule has 1 aromatic heterocycles. The molecule has 2 heterocycles. The zero-order valence-electron chi connectivity index (χ0n) is 11.6. The third kappa shape index (κ3) is 3.19. The van der Waals surface area contributed by atoms with Crippen molar-refractivity contribution in [1.82, 2.24) is 9.80 Å². The fraction of sp³-hybridized carbons (Fsp3) is 0.571. The normalized spacial score (nSPS) is 18.9. The molecule has 6 heteroatoms. The first kappa shape index (κ1) is 14.6. The van der Waals surface area contributed by atoms with Crippen molar-refractivity contribution in [2.24, 2.45) is 0 Å². The number of nitrogens with zero attached hydrogens (tertiary/aromatic N) is 2. The third-order valence-corrected chi connectivity index (χ3v) is 3.61. The molecular formula is C14H20N2O4. The van der Waals surface area contributed by atoms with Crippen LogP contribution in [0.25, 0.3) is 0 Å². The van der Waals surface area contributed by atoms with Gasteiger partial charge in [-0.3, -0.25) is 9.59 Å². The van der Waals surface area contributed by atoms with E-state index in [1.807, 2.05) is 0 Å². The number of aliphatic hydroxyl groups excluding tert-OH is 1. The second-order valence-electron chi connectivity index (χ2n) is 5.06. The molecular weight excluding hydrogens is 260 g/mol. The van der Waals surface area contributed by atoms with Crippen LogP contribution in [0.4, 0.5) is 0 Å². The van der Waals surface area contributed by atoms with E-state index in [4.69, 9.17) is 4.42 Å². The second kappa shape index (κ2) is 6.56. The zero-order valence-corrected chi connectivity index (χ0v) is 11.6. The van der Waals surface area contributed by atoms with Crippen molar-refractivity contribution in [3.8, 4) is 0 Å². The number of likely N-dealkylation sites (tertiary alicyclic amines) is 1. The van der Waals surface area contributed by atoms with E-state index in [1.54, 1.807) is 24.1 Å². The number of carbonyl (C=O) groups is 2. The molecule has 6 nitrogen and oxygen atoms in total. The average molecular weight is 280 g/mol. The van der Waals surface area contributed by atoms with E-state index in [-0.39, 0.29) is 36.8 Å². The van der Waals surface area contributed by atoms with Gasteiger partial charge in [0.2, 0.25) is 5.91 Å². The molecule has 0 aromatic carbocycles. The first-order valence-corrected chi connectivity index (χ1v) is 6.82. The molecule has 0 bridgehead atoms. The molecule has 110 valence electrons. The molecule has 0 saturated carbocycles. The molecule has 0 aliphatic carbocycles. The Bertz CT molecular complexity index is 458. The van der Waals surface area contributed by atoms with Gasteiger partial charge in [-0.1, -0.05) is 0 Å². The first-order chi connectivity index (χ1) is 9.63. The highest BCUT2D eigenvalue weighted by Crippen LogP contribution is 2.17. The van der Waals surface area contributed by atoms with E-state index >= 15 is 0 Å². The maximum absolute atomic E-state index is 12.2. The smallest absolute Gasteiger partial charge is 0.289 e. The Morgan fingerprint density at radius 1 is 1.50 bits per heavy atom. The molecule has 0 radical (unpaired) electrons. The number of amides is 2. The molecule has 2 rings (SSSR count). The van der Waals surface area contributed by atoms with Gasteiger partial charge in [-0.2, -0.15) is 0 Å². The van der Waals surface area contributed by atoms with Crippen LogP contribution in [-0.4, -0.2) is 59.5 Å². The summed E-state index contributed by atoms with van der Waals surface area (Å²) in [7, 11) is 1.57. The van der Waals surface area contributed by atoms with Crippen LogP contribution in [0.15, 0.2) is 22.8 Å². The highest BCUT2D eigenvalue weighted by atomic mass is 16.3. The van der Waals surface area contributed by atoms with Gasteiger partial charge in [0.25, 0.3) is 5.91 Å². The summed E-state index contributed by atoms with van der Waals surface area (Å²) < 4.78 is 5.03. The molecule has 2 amide bonds. The molecule has 1 aliphatic heterocycles. The number of furan rings is 1. The minimum atomic E-state index is -0.319. The van der Waals surface area contributed by atoms with Crippen LogP contribution in [-0.2, 0) is 4.79 Å². The summed E-state index contributed by atoms with van der Waals surface area (Å²) in [6.45, 7) is 0.616. The van der Waals surface area contributed by atoms with Gasteiger partial charge in [0.1, 0.15) is 0 Å². The van der Waals surface area contributed by atoms with Crippen molar-refractivity contribution in [3.63, 3.8) is 0 Å². The predicted octanol–water partition coefficient (Wildman–Crippen LogP) is 0.725. The number of aliphatic hydroxyl groups is 1. The van der Waals surface area contributed by atoms with Crippen molar-refractivity contribution in [1.29, 1.82) is 0 Å². The van der Waals surface area contributed by atoms with Crippen LogP contribution in [0.5, 0.6) is 0 Å². The summed E-state index contributed by atoms with van der Waals surface area (Å²) in [6.07, 6.45) is 4.21. The van der Waals surface area contributed by atoms with Gasteiger partial charge in [-0.05, 0) is 31.4 Å². The van der Waals surface area contributed by atoms with E-state index in [9.17, 15) is 14.7 Å². The van der Waals surface area contributed by atoms with Gasteiger partial charge in [-0.15, -0.1) is 0 Å². The lowest BCUT2D eigenvalue weighted by Gasteiger charge is -2.35. The van der Waals surface area contributed by atoms with Gasteiger partial charge in [-0.25, -0.2) is 0 Å². The summed E-state index contributed by atoms with van der Waals surface area (Å²) in [5, 5.41) is 9.31.